The molecule has 162 valence electrons. The van der Waals surface area contributed by atoms with Crippen LogP contribution in [0.2, 0.25) is 0 Å². The molecule has 0 radical (unpaired) electrons. The topological polar surface area (TPSA) is 78.9 Å². The van der Waals surface area contributed by atoms with Gasteiger partial charge >= 0.3 is 0 Å². The number of benzene rings is 2. The van der Waals surface area contributed by atoms with Gasteiger partial charge in [0.1, 0.15) is 5.75 Å². The minimum atomic E-state index is -0.244. The minimum Gasteiger partial charge on any atom is -0.507 e. The van der Waals surface area contributed by atoms with Gasteiger partial charge < -0.3 is 33.5 Å². The van der Waals surface area contributed by atoms with Crippen molar-refractivity contribution in [2.45, 2.75) is 5.25 Å². The average Bonchev–Trinajstić information content (AvgIpc) is 3.23. The molecule has 1 N–H and O–H groups in total. The molecule has 2 heterocycles. The van der Waals surface area contributed by atoms with Crippen LogP contribution in [0.3, 0.4) is 0 Å². The Bertz CT molecular complexity index is 876. The third-order valence-electron chi connectivity index (χ3n) is 5.02. The van der Waals surface area contributed by atoms with Gasteiger partial charge in [0, 0.05) is 24.7 Å². The summed E-state index contributed by atoms with van der Waals surface area (Å²) in [7, 11) is 4.75. The molecule has 8 nitrogen and oxygen atoms in total. The number of hydrogen-bond acceptors (Lipinski definition) is 9. The Labute approximate surface area is 179 Å². The van der Waals surface area contributed by atoms with Crippen molar-refractivity contribution in [3.05, 3.63) is 35.4 Å². The minimum absolute atomic E-state index is 0.138. The first-order valence-electron chi connectivity index (χ1n) is 9.56. The quantitative estimate of drug-likeness (QED) is 0.660. The monoisotopic (exact) mass is 435 g/mol. The Kier molecular flexibility index (Phi) is 6.31. The second kappa shape index (κ2) is 9.11. The number of fused-ring (bicyclic) bond motifs is 1. The fourth-order valence-corrected chi connectivity index (χ4v) is 4.73. The van der Waals surface area contributed by atoms with E-state index in [1.807, 2.05) is 18.2 Å². The standard InChI is InChI=1S/C21H25NO7S/c1-24-18-8-13(9-19(25-2)20(18)26-3)21(30-22-4-6-27-7-5-22)14-10-16-17(11-15(14)23)29-12-28-16/h8-11,21,23H,4-7,12H2,1-3H3. The lowest BCUT2D eigenvalue weighted by Gasteiger charge is -2.30. The number of phenolic OH excluding ortho intramolecular Hbond substituents is 1. The van der Waals surface area contributed by atoms with Gasteiger partial charge in [0.25, 0.3) is 0 Å². The van der Waals surface area contributed by atoms with E-state index in [9.17, 15) is 5.11 Å². The van der Waals surface area contributed by atoms with Gasteiger partial charge in [-0.15, -0.1) is 0 Å². The number of ether oxygens (including phenoxy) is 6. The Morgan fingerprint density at radius 2 is 1.57 bits per heavy atom. The summed E-state index contributed by atoms with van der Waals surface area (Å²) in [6.07, 6.45) is 0. The van der Waals surface area contributed by atoms with Crippen molar-refractivity contribution in [2.24, 2.45) is 0 Å². The summed E-state index contributed by atoms with van der Waals surface area (Å²) in [5.41, 5.74) is 1.61. The van der Waals surface area contributed by atoms with E-state index >= 15 is 0 Å². The Hall–Kier alpha value is -2.49. The smallest absolute Gasteiger partial charge is 0.231 e. The van der Waals surface area contributed by atoms with Crippen LogP contribution >= 0.6 is 11.9 Å². The largest absolute Gasteiger partial charge is 0.507 e. The number of methoxy groups -OCH3 is 3. The van der Waals surface area contributed by atoms with E-state index in [2.05, 4.69) is 4.31 Å². The molecule has 0 spiro atoms. The third-order valence-corrected chi connectivity index (χ3v) is 6.42. The fourth-order valence-electron chi connectivity index (χ4n) is 3.51. The number of phenols is 1. The maximum atomic E-state index is 10.8. The van der Waals surface area contributed by atoms with Crippen LogP contribution in [-0.2, 0) is 4.74 Å². The molecule has 1 unspecified atom stereocenters. The molecule has 9 heteroatoms. The van der Waals surface area contributed by atoms with Crippen LogP contribution in [0.4, 0.5) is 0 Å². The van der Waals surface area contributed by atoms with Crippen molar-refractivity contribution >= 4 is 11.9 Å². The second-order valence-electron chi connectivity index (χ2n) is 6.75. The van der Waals surface area contributed by atoms with Crippen molar-refractivity contribution in [1.29, 1.82) is 0 Å². The molecule has 1 fully saturated rings. The Balaban J connectivity index is 1.80. The molecule has 2 aromatic carbocycles. The Morgan fingerprint density at radius 3 is 2.17 bits per heavy atom. The molecule has 0 amide bonds. The molecular weight excluding hydrogens is 410 g/mol. The normalized spacial score (nSPS) is 16.9. The maximum Gasteiger partial charge on any atom is 0.231 e. The highest BCUT2D eigenvalue weighted by molar-refractivity contribution is 7.97. The SMILES string of the molecule is COc1cc(C(SN2CCOCC2)c2cc3c(cc2O)OCO3)cc(OC)c1OC. The van der Waals surface area contributed by atoms with Crippen molar-refractivity contribution in [3.63, 3.8) is 0 Å². The van der Waals surface area contributed by atoms with Crippen LogP contribution in [0.5, 0.6) is 34.5 Å². The number of rotatable bonds is 7. The summed E-state index contributed by atoms with van der Waals surface area (Å²) in [6.45, 7) is 3.06. The van der Waals surface area contributed by atoms with E-state index in [1.54, 1.807) is 39.3 Å². The van der Waals surface area contributed by atoms with E-state index in [1.165, 1.54) is 0 Å². The molecule has 0 bridgehead atoms. The summed E-state index contributed by atoms with van der Waals surface area (Å²) in [6, 6.07) is 7.24. The molecule has 0 aliphatic carbocycles. The molecule has 4 rings (SSSR count). The molecular formula is C21H25NO7S. The van der Waals surface area contributed by atoms with Crippen LogP contribution < -0.4 is 23.7 Å². The number of morpholine rings is 1. The van der Waals surface area contributed by atoms with Gasteiger partial charge in [-0.05, 0) is 23.8 Å². The van der Waals surface area contributed by atoms with Gasteiger partial charge in [-0.1, -0.05) is 11.9 Å². The highest BCUT2D eigenvalue weighted by Gasteiger charge is 2.29. The molecule has 0 saturated carbocycles. The van der Waals surface area contributed by atoms with Crippen LogP contribution in [0.25, 0.3) is 0 Å². The van der Waals surface area contributed by atoms with Gasteiger partial charge in [0.2, 0.25) is 12.5 Å². The first-order chi connectivity index (χ1) is 14.6. The van der Waals surface area contributed by atoms with Crippen molar-refractivity contribution < 1.29 is 33.5 Å². The summed E-state index contributed by atoms with van der Waals surface area (Å²) >= 11 is 1.63. The first-order valence-corrected chi connectivity index (χ1v) is 10.4. The zero-order valence-electron chi connectivity index (χ0n) is 17.2. The van der Waals surface area contributed by atoms with Gasteiger partial charge in [0.15, 0.2) is 23.0 Å². The number of hydrogen-bond donors (Lipinski definition) is 1. The molecule has 2 aliphatic heterocycles. The molecule has 2 aliphatic rings. The molecule has 30 heavy (non-hydrogen) atoms. The zero-order valence-corrected chi connectivity index (χ0v) is 18.0. The summed E-state index contributed by atoms with van der Waals surface area (Å²) in [5.74, 6) is 2.92. The lowest BCUT2D eigenvalue weighted by Crippen LogP contribution is -2.31. The zero-order chi connectivity index (χ0) is 21.1. The molecule has 1 saturated heterocycles. The van der Waals surface area contributed by atoms with Gasteiger partial charge in [-0.2, -0.15) is 0 Å². The fraction of sp³-hybridized carbons (Fsp3) is 0.429. The number of nitrogens with zero attached hydrogens (tertiary/aromatic N) is 1. The van der Waals surface area contributed by atoms with Gasteiger partial charge in [0.05, 0.1) is 39.8 Å². The summed E-state index contributed by atoms with van der Waals surface area (Å²) in [5, 5.41) is 10.6. The van der Waals surface area contributed by atoms with E-state index < -0.39 is 0 Å². The number of aromatic hydroxyl groups is 1. The summed E-state index contributed by atoms with van der Waals surface area (Å²) in [4.78, 5) is 0. The maximum absolute atomic E-state index is 10.8. The molecule has 0 aromatic heterocycles. The van der Waals surface area contributed by atoms with Crippen LogP contribution in [-0.4, -0.2) is 63.8 Å². The second-order valence-corrected chi connectivity index (χ2v) is 7.95. The lowest BCUT2D eigenvalue weighted by atomic mass is 10.0. The third kappa shape index (κ3) is 4.05. The first kappa shape index (κ1) is 20.8. The van der Waals surface area contributed by atoms with Crippen molar-refractivity contribution in [1.82, 2.24) is 4.31 Å². The molecule has 2 aromatic rings. The van der Waals surface area contributed by atoms with Crippen LogP contribution in [0.15, 0.2) is 24.3 Å². The predicted molar refractivity (Wildman–Crippen MR) is 112 cm³/mol. The molecule has 1 atom stereocenters. The van der Waals surface area contributed by atoms with Crippen LogP contribution in [0, 0.1) is 0 Å². The Morgan fingerprint density at radius 1 is 0.933 bits per heavy atom. The summed E-state index contributed by atoms with van der Waals surface area (Å²) < 4.78 is 35.2. The van der Waals surface area contributed by atoms with Gasteiger partial charge in [-0.25, -0.2) is 4.31 Å². The van der Waals surface area contributed by atoms with Crippen molar-refractivity contribution in [2.75, 3.05) is 54.4 Å². The average molecular weight is 435 g/mol. The van der Waals surface area contributed by atoms with Crippen LogP contribution in [0.1, 0.15) is 16.4 Å². The van der Waals surface area contributed by atoms with E-state index in [0.717, 1.165) is 18.7 Å². The van der Waals surface area contributed by atoms with Crippen molar-refractivity contribution in [3.8, 4) is 34.5 Å². The highest BCUT2D eigenvalue weighted by atomic mass is 32.2. The van der Waals surface area contributed by atoms with E-state index in [0.29, 0.717) is 47.5 Å². The van der Waals surface area contributed by atoms with E-state index in [-0.39, 0.29) is 17.8 Å². The predicted octanol–water partition coefficient (Wildman–Crippen LogP) is 3.22. The highest BCUT2D eigenvalue weighted by Crippen LogP contribution is 2.49. The lowest BCUT2D eigenvalue weighted by molar-refractivity contribution is 0.0771. The van der Waals surface area contributed by atoms with Gasteiger partial charge in [-0.3, -0.25) is 0 Å². The van der Waals surface area contributed by atoms with E-state index in [4.69, 9.17) is 28.4 Å².